The molecule has 0 saturated carbocycles. The van der Waals surface area contributed by atoms with Crippen molar-refractivity contribution in [2.75, 3.05) is 26.2 Å². The van der Waals surface area contributed by atoms with Crippen molar-refractivity contribution in [3.63, 3.8) is 0 Å². The van der Waals surface area contributed by atoms with E-state index in [0.29, 0.717) is 25.1 Å². The lowest BCUT2D eigenvalue weighted by Gasteiger charge is -2.36. The molecule has 7 nitrogen and oxygen atoms in total. The molecule has 5 rings (SSSR count). The lowest BCUT2D eigenvalue weighted by Crippen LogP contribution is -2.55. The summed E-state index contributed by atoms with van der Waals surface area (Å²) in [5.74, 6) is -0.268. The van der Waals surface area contributed by atoms with Gasteiger partial charge in [0.15, 0.2) is 0 Å². The van der Waals surface area contributed by atoms with Gasteiger partial charge in [0.2, 0.25) is 5.91 Å². The maximum absolute atomic E-state index is 13.5. The van der Waals surface area contributed by atoms with Crippen molar-refractivity contribution in [3.05, 3.63) is 108 Å². The molecule has 0 bridgehead atoms. The summed E-state index contributed by atoms with van der Waals surface area (Å²) in [5, 5.41) is 2.99. The number of amides is 2. The number of nitrogens with one attached hydrogen (secondary N) is 1. The van der Waals surface area contributed by atoms with E-state index < -0.39 is 6.04 Å². The summed E-state index contributed by atoms with van der Waals surface area (Å²) in [6, 6.07) is 24.2. The first-order valence-electron chi connectivity index (χ1n) is 12.0. The number of fused-ring (bicyclic) bond motifs is 1. The van der Waals surface area contributed by atoms with Crippen LogP contribution in [-0.2, 0) is 17.8 Å². The van der Waals surface area contributed by atoms with Gasteiger partial charge < -0.3 is 14.6 Å². The minimum atomic E-state index is -0.616. The number of nitrogens with zero attached hydrogens (tertiary/aromatic N) is 4. The van der Waals surface area contributed by atoms with E-state index in [4.69, 9.17) is 4.98 Å². The number of pyridine rings is 1. The number of hydrogen-bond acceptors (Lipinski definition) is 4. The van der Waals surface area contributed by atoms with E-state index in [1.807, 2.05) is 82.2 Å². The molecule has 0 aliphatic carbocycles. The van der Waals surface area contributed by atoms with Crippen LogP contribution in [0, 0.1) is 0 Å². The van der Waals surface area contributed by atoms with Gasteiger partial charge in [-0.1, -0.05) is 54.6 Å². The van der Waals surface area contributed by atoms with E-state index in [2.05, 4.69) is 16.4 Å². The van der Waals surface area contributed by atoms with Crippen molar-refractivity contribution in [1.29, 1.82) is 0 Å². The highest BCUT2D eigenvalue weighted by atomic mass is 16.2. The fourth-order valence-corrected chi connectivity index (χ4v) is 4.52. The van der Waals surface area contributed by atoms with Crippen LogP contribution in [0.15, 0.2) is 91.3 Å². The lowest BCUT2D eigenvalue weighted by atomic mass is 10.0. The first kappa shape index (κ1) is 22.8. The standard InChI is InChI=1S/C28H29N5O2/c34-27(23-11-5-2-6-12-23)30-25(19-22-9-3-1-4-10-22)28(35)32-17-15-31(16-18-32)20-24-21-33-14-8-7-13-26(33)29-24/h1-14,21,25H,15-20H2,(H,30,34). The third-order valence-electron chi connectivity index (χ3n) is 6.41. The highest BCUT2D eigenvalue weighted by Crippen LogP contribution is 2.13. The van der Waals surface area contributed by atoms with Crippen LogP contribution in [0.3, 0.4) is 0 Å². The Bertz CT molecular complexity index is 1250. The minimum absolute atomic E-state index is 0.0366. The quantitative estimate of drug-likeness (QED) is 0.454. The summed E-state index contributed by atoms with van der Waals surface area (Å²) < 4.78 is 2.03. The van der Waals surface area contributed by atoms with E-state index in [9.17, 15) is 9.59 Å². The number of benzene rings is 2. The Morgan fingerprint density at radius 2 is 1.54 bits per heavy atom. The molecule has 1 saturated heterocycles. The van der Waals surface area contributed by atoms with Crippen LogP contribution in [0.4, 0.5) is 0 Å². The molecule has 1 N–H and O–H groups in total. The Hall–Kier alpha value is -3.97. The second kappa shape index (κ2) is 10.5. The number of rotatable bonds is 7. The van der Waals surface area contributed by atoms with Crippen molar-refractivity contribution in [2.24, 2.45) is 0 Å². The molecular weight excluding hydrogens is 438 g/mol. The van der Waals surface area contributed by atoms with E-state index in [1.165, 1.54) is 0 Å². The van der Waals surface area contributed by atoms with Crippen LogP contribution in [0.5, 0.6) is 0 Å². The van der Waals surface area contributed by atoms with Crippen LogP contribution in [0.25, 0.3) is 5.65 Å². The van der Waals surface area contributed by atoms with Crippen molar-refractivity contribution in [3.8, 4) is 0 Å². The van der Waals surface area contributed by atoms with Gasteiger partial charge >= 0.3 is 0 Å². The molecule has 2 amide bonds. The Kier molecular flexibility index (Phi) is 6.86. The smallest absolute Gasteiger partial charge is 0.251 e. The molecule has 2 aromatic carbocycles. The van der Waals surface area contributed by atoms with E-state index in [0.717, 1.165) is 36.5 Å². The van der Waals surface area contributed by atoms with Crippen molar-refractivity contribution in [2.45, 2.75) is 19.0 Å². The molecule has 0 radical (unpaired) electrons. The summed E-state index contributed by atoms with van der Waals surface area (Å²) in [6.07, 6.45) is 4.51. The molecule has 1 aliphatic rings. The molecule has 2 aromatic heterocycles. The molecule has 7 heteroatoms. The molecule has 4 aromatic rings. The van der Waals surface area contributed by atoms with Gasteiger partial charge in [-0.05, 0) is 29.8 Å². The number of aromatic nitrogens is 2. The predicted molar refractivity (Wildman–Crippen MR) is 135 cm³/mol. The van der Waals surface area contributed by atoms with Gasteiger partial charge in [0.1, 0.15) is 11.7 Å². The summed E-state index contributed by atoms with van der Waals surface area (Å²) in [7, 11) is 0. The third-order valence-corrected chi connectivity index (χ3v) is 6.41. The van der Waals surface area contributed by atoms with E-state index >= 15 is 0 Å². The SMILES string of the molecule is O=C(NC(Cc1ccccc1)C(=O)N1CCN(Cc2cn3ccccc3n2)CC1)c1ccccc1. The largest absolute Gasteiger partial charge is 0.340 e. The van der Waals surface area contributed by atoms with Crippen LogP contribution in [0.2, 0.25) is 0 Å². The monoisotopic (exact) mass is 467 g/mol. The molecule has 35 heavy (non-hydrogen) atoms. The first-order valence-corrected chi connectivity index (χ1v) is 12.0. The Balaban J connectivity index is 1.23. The summed E-state index contributed by atoms with van der Waals surface area (Å²) >= 11 is 0. The highest BCUT2D eigenvalue weighted by molar-refractivity contribution is 5.97. The molecule has 1 unspecified atom stereocenters. The molecule has 1 aliphatic heterocycles. The Labute approximate surface area is 205 Å². The number of imidazole rings is 1. The Morgan fingerprint density at radius 3 is 2.26 bits per heavy atom. The number of carbonyl (C=O) groups is 2. The minimum Gasteiger partial charge on any atom is -0.340 e. The number of carbonyl (C=O) groups excluding carboxylic acids is 2. The average molecular weight is 468 g/mol. The number of piperazine rings is 1. The van der Waals surface area contributed by atoms with Gasteiger partial charge in [-0.15, -0.1) is 0 Å². The van der Waals surface area contributed by atoms with Gasteiger partial charge in [0.25, 0.3) is 5.91 Å². The van der Waals surface area contributed by atoms with Crippen LogP contribution in [0.1, 0.15) is 21.6 Å². The molecule has 1 atom stereocenters. The maximum atomic E-state index is 13.5. The second-order valence-electron chi connectivity index (χ2n) is 8.88. The van der Waals surface area contributed by atoms with Gasteiger partial charge in [-0.3, -0.25) is 14.5 Å². The zero-order valence-electron chi connectivity index (χ0n) is 19.6. The summed E-state index contributed by atoms with van der Waals surface area (Å²) in [6.45, 7) is 3.54. The highest BCUT2D eigenvalue weighted by Gasteiger charge is 2.29. The normalized spacial score (nSPS) is 15.1. The second-order valence-corrected chi connectivity index (χ2v) is 8.88. The summed E-state index contributed by atoms with van der Waals surface area (Å²) in [4.78, 5) is 35.3. The zero-order valence-corrected chi connectivity index (χ0v) is 19.6. The molecule has 0 spiro atoms. The van der Waals surface area contributed by atoms with Gasteiger partial charge in [0, 0.05) is 57.1 Å². The fourth-order valence-electron chi connectivity index (χ4n) is 4.52. The van der Waals surface area contributed by atoms with Crippen LogP contribution >= 0.6 is 0 Å². The predicted octanol–water partition coefficient (Wildman–Crippen LogP) is 3.02. The van der Waals surface area contributed by atoms with Crippen LogP contribution < -0.4 is 5.32 Å². The van der Waals surface area contributed by atoms with E-state index in [-0.39, 0.29) is 11.8 Å². The Morgan fingerprint density at radius 1 is 0.857 bits per heavy atom. The van der Waals surface area contributed by atoms with Gasteiger partial charge in [-0.25, -0.2) is 4.98 Å². The van der Waals surface area contributed by atoms with Gasteiger partial charge in [0.05, 0.1) is 5.69 Å². The molecule has 3 heterocycles. The van der Waals surface area contributed by atoms with Crippen molar-refractivity contribution in [1.82, 2.24) is 24.5 Å². The van der Waals surface area contributed by atoms with Gasteiger partial charge in [-0.2, -0.15) is 0 Å². The third kappa shape index (κ3) is 5.58. The molecule has 1 fully saturated rings. The summed E-state index contributed by atoms with van der Waals surface area (Å²) in [5.41, 5.74) is 3.53. The number of hydrogen-bond donors (Lipinski definition) is 1. The van der Waals surface area contributed by atoms with E-state index in [1.54, 1.807) is 12.1 Å². The topological polar surface area (TPSA) is 70.0 Å². The van der Waals surface area contributed by atoms with Crippen molar-refractivity contribution >= 4 is 17.5 Å². The molecule has 178 valence electrons. The average Bonchev–Trinajstić information content (AvgIpc) is 3.32. The van der Waals surface area contributed by atoms with Crippen LogP contribution in [-0.4, -0.2) is 63.2 Å². The lowest BCUT2D eigenvalue weighted by molar-refractivity contribution is -0.135. The maximum Gasteiger partial charge on any atom is 0.251 e. The molecular formula is C28H29N5O2. The van der Waals surface area contributed by atoms with Crippen molar-refractivity contribution < 1.29 is 9.59 Å². The zero-order chi connectivity index (χ0) is 24.0. The fraction of sp³-hybridized carbons (Fsp3) is 0.250. The first-order chi connectivity index (χ1) is 17.2.